The first-order chi connectivity index (χ1) is 17.1. The highest BCUT2D eigenvalue weighted by Crippen LogP contribution is 2.40. The Morgan fingerprint density at radius 3 is 2.00 bits per heavy atom. The second-order valence-corrected chi connectivity index (χ2v) is 7.22. The third-order valence-electron chi connectivity index (χ3n) is 4.75. The van der Waals surface area contributed by atoms with Crippen LogP contribution in [0.5, 0.6) is 28.7 Å². The number of carbonyl (C=O) groups excluding carboxylic acids is 1. The van der Waals surface area contributed by atoms with Crippen molar-refractivity contribution in [2.45, 2.75) is 27.7 Å². The molecule has 0 bridgehead atoms. The van der Waals surface area contributed by atoms with Crippen LogP contribution in [0.2, 0.25) is 0 Å². The third-order valence-corrected chi connectivity index (χ3v) is 4.75. The summed E-state index contributed by atoms with van der Waals surface area (Å²) in [6, 6.07) is 14.3. The Kier molecular flexibility index (Phi) is 9.54. The Labute approximate surface area is 206 Å². The van der Waals surface area contributed by atoms with Crippen LogP contribution < -0.4 is 23.7 Å². The highest BCUT2D eigenvalue weighted by Gasteiger charge is 2.20. The van der Waals surface area contributed by atoms with Crippen molar-refractivity contribution in [3.05, 3.63) is 71.5 Å². The lowest BCUT2D eigenvalue weighted by atomic mass is 10.1. The van der Waals surface area contributed by atoms with Gasteiger partial charge in [-0.2, -0.15) is 0 Å². The van der Waals surface area contributed by atoms with Gasteiger partial charge in [0, 0.05) is 6.20 Å². The minimum Gasteiger partial charge on any atom is -0.490 e. The third kappa shape index (κ3) is 6.99. The number of nitrogens with zero attached hydrogens (tertiary/aromatic N) is 1. The largest absolute Gasteiger partial charge is 0.490 e. The molecule has 0 saturated carbocycles. The molecule has 0 aliphatic rings. The zero-order chi connectivity index (χ0) is 25.0. The number of ether oxygens (including phenoxy) is 5. The molecule has 1 aromatic heterocycles. The molecular formula is C28H31NO6. The maximum Gasteiger partial charge on any atom is 0.343 e. The van der Waals surface area contributed by atoms with Crippen LogP contribution in [-0.4, -0.2) is 37.4 Å². The van der Waals surface area contributed by atoms with Gasteiger partial charge in [0.2, 0.25) is 5.75 Å². The predicted molar refractivity (Wildman–Crippen MR) is 136 cm³/mol. The predicted octanol–water partition coefficient (Wildman–Crippen LogP) is 6.07. The minimum atomic E-state index is -0.562. The van der Waals surface area contributed by atoms with Gasteiger partial charge in [0.1, 0.15) is 0 Å². The Hall–Kier alpha value is -4.00. The van der Waals surface area contributed by atoms with E-state index in [4.69, 9.17) is 23.7 Å². The van der Waals surface area contributed by atoms with Gasteiger partial charge in [-0.15, -0.1) is 0 Å². The lowest BCUT2D eigenvalue weighted by Crippen LogP contribution is -2.12. The van der Waals surface area contributed by atoms with Crippen molar-refractivity contribution in [3.63, 3.8) is 0 Å². The average Bonchev–Trinajstić information content (AvgIpc) is 2.87. The van der Waals surface area contributed by atoms with Gasteiger partial charge in [0.05, 0.1) is 37.7 Å². The lowest BCUT2D eigenvalue weighted by Gasteiger charge is -2.17. The van der Waals surface area contributed by atoms with Crippen LogP contribution in [0.3, 0.4) is 0 Å². The Bertz CT molecular complexity index is 1120. The van der Waals surface area contributed by atoms with E-state index >= 15 is 0 Å². The molecule has 1 heterocycles. The van der Waals surface area contributed by atoms with Crippen LogP contribution in [0, 0.1) is 0 Å². The first-order valence-electron chi connectivity index (χ1n) is 11.7. The molecule has 7 heteroatoms. The van der Waals surface area contributed by atoms with E-state index in [1.807, 2.05) is 70.2 Å². The number of rotatable bonds is 12. The number of pyridine rings is 1. The number of hydrogen-bond acceptors (Lipinski definition) is 7. The minimum absolute atomic E-state index is 0.280. The molecule has 0 atom stereocenters. The SMILES string of the molecule is CCOc1cc(/C=C/c2ccccn2)ccc1OC(=O)c1cc(OCC)c(OCC)c(OCC)c1. The van der Waals surface area contributed by atoms with Crippen LogP contribution in [0.4, 0.5) is 0 Å². The normalized spacial score (nSPS) is 10.7. The van der Waals surface area contributed by atoms with Gasteiger partial charge < -0.3 is 23.7 Å². The number of carbonyl (C=O) groups is 1. The Morgan fingerprint density at radius 1 is 0.743 bits per heavy atom. The van der Waals surface area contributed by atoms with Crippen molar-refractivity contribution in [2.75, 3.05) is 26.4 Å². The first kappa shape index (κ1) is 25.6. The van der Waals surface area contributed by atoms with E-state index < -0.39 is 5.97 Å². The van der Waals surface area contributed by atoms with Crippen molar-refractivity contribution in [1.82, 2.24) is 4.98 Å². The summed E-state index contributed by atoms with van der Waals surface area (Å²) in [5.74, 6) is 1.53. The number of aromatic nitrogens is 1. The summed E-state index contributed by atoms with van der Waals surface area (Å²) in [5, 5.41) is 0. The molecule has 0 amide bonds. The zero-order valence-electron chi connectivity index (χ0n) is 20.6. The monoisotopic (exact) mass is 477 g/mol. The number of esters is 1. The van der Waals surface area contributed by atoms with Crippen molar-refractivity contribution in [2.24, 2.45) is 0 Å². The smallest absolute Gasteiger partial charge is 0.343 e. The van der Waals surface area contributed by atoms with Crippen molar-refractivity contribution in [3.8, 4) is 28.7 Å². The van der Waals surface area contributed by atoms with E-state index in [1.165, 1.54) is 0 Å². The van der Waals surface area contributed by atoms with Crippen LogP contribution >= 0.6 is 0 Å². The zero-order valence-corrected chi connectivity index (χ0v) is 20.6. The van der Waals surface area contributed by atoms with Crippen molar-refractivity contribution < 1.29 is 28.5 Å². The molecule has 0 aliphatic heterocycles. The summed E-state index contributed by atoms with van der Waals surface area (Å²) in [6.07, 6.45) is 5.56. The fourth-order valence-electron chi connectivity index (χ4n) is 3.30. The standard InChI is InChI=1S/C28H31NO6/c1-5-31-24-17-20(12-14-22-11-9-10-16-29-22)13-15-23(24)35-28(30)21-18-25(32-6-2)27(34-8-4)26(19-21)33-7-3/h9-19H,5-8H2,1-4H3/b14-12+. The summed E-state index contributed by atoms with van der Waals surface area (Å²) in [6.45, 7) is 9.14. The summed E-state index contributed by atoms with van der Waals surface area (Å²) < 4.78 is 28.6. The molecule has 0 saturated heterocycles. The Morgan fingerprint density at radius 2 is 1.40 bits per heavy atom. The Balaban J connectivity index is 1.88. The summed E-state index contributed by atoms with van der Waals surface area (Å²) in [5.41, 5.74) is 2.01. The molecule has 0 fully saturated rings. The van der Waals surface area contributed by atoms with E-state index in [1.54, 1.807) is 24.4 Å². The molecule has 2 aromatic carbocycles. The van der Waals surface area contributed by atoms with Crippen LogP contribution in [0.1, 0.15) is 49.3 Å². The highest BCUT2D eigenvalue weighted by molar-refractivity contribution is 5.93. The average molecular weight is 478 g/mol. The lowest BCUT2D eigenvalue weighted by molar-refractivity contribution is 0.0727. The summed E-state index contributed by atoms with van der Waals surface area (Å²) in [7, 11) is 0. The van der Waals surface area contributed by atoms with Gasteiger partial charge in [-0.25, -0.2) is 4.79 Å². The second kappa shape index (κ2) is 13.0. The van der Waals surface area contributed by atoms with E-state index in [9.17, 15) is 4.79 Å². The molecule has 0 N–H and O–H groups in total. The van der Waals surface area contributed by atoms with Crippen LogP contribution in [0.15, 0.2) is 54.7 Å². The van der Waals surface area contributed by atoms with Gasteiger partial charge >= 0.3 is 5.97 Å². The van der Waals surface area contributed by atoms with Crippen LogP contribution in [0.25, 0.3) is 12.2 Å². The summed E-state index contributed by atoms with van der Waals surface area (Å²) >= 11 is 0. The fourth-order valence-corrected chi connectivity index (χ4v) is 3.30. The van der Waals surface area contributed by atoms with E-state index in [0.717, 1.165) is 11.3 Å². The molecule has 0 radical (unpaired) electrons. The molecule has 0 spiro atoms. The molecule has 3 aromatic rings. The highest BCUT2D eigenvalue weighted by atomic mass is 16.6. The molecule has 0 aliphatic carbocycles. The number of hydrogen-bond donors (Lipinski definition) is 0. The maximum atomic E-state index is 13.1. The fraction of sp³-hybridized carbons (Fsp3) is 0.286. The van der Waals surface area contributed by atoms with Gasteiger partial charge in [0.15, 0.2) is 23.0 Å². The summed E-state index contributed by atoms with van der Waals surface area (Å²) in [4.78, 5) is 17.4. The van der Waals surface area contributed by atoms with Crippen molar-refractivity contribution >= 4 is 18.1 Å². The number of benzene rings is 2. The van der Waals surface area contributed by atoms with Gasteiger partial charge in [-0.3, -0.25) is 4.98 Å². The topological polar surface area (TPSA) is 76.1 Å². The maximum absolute atomic E-state index is 13.1. The molecular weight excluding hydrogens is 446 g/mol. The molecule has 3 rings (SSSR count). The van der Waals surface area contributed by atoms with Gasteiger partial charge in [-0.05, 0) is 75.7 Å². The van der Waals surface area contributed by atoms with E-state index in [0.29, 0.717) is 55.2 Å². The second-order valence-electron chi connectivity index (χ2n) is 7.22. The van der Waals surface area contributed by atoms with Crippen LogP contribution in [-0.2, 0) is 0 Å². The van der Waals surface area contributed by atoms with Gasteiger partial charge in [-0.1, -0.05) is 18.2 Å². The molecule has 7 nitrogen and oxygen atoms in total. The molecule has 184 valence electrons. The van der Waals surface area contributed by atoms with E-state index in [-0.39, 0.29) is 5.56 Å². The van der Waals surface area contributed by atoms with Crippen molar-refractivity contribution in [1.29, 1.82) is 0 Å². The first-order valence-corrected chi connectivity index (χ1v) is 11.7. The van der Waals surface area contributed by atoms with Gasteiger partial charge in [0.25, 0.3) is 0 Å². The quantitative estimate of drug-likeness (QED) is 0.232. The molecule has 35 heavy (non-hydrogen) atoms. The van der Waals surface area contributed by atoms with E-state index in [2.05, 4.69) is 4.98 Å². The molecule has 0 unspecified atom stereocenters.